The summed E-state index contributed by atoms with van der Waals surface area (Å²) in [5.74, 6) is -1.30. The third kappa shape index (κ3) is 9.41. The van der Waals surface area contributed by atoms with E-state index in [1.54, 1.807) is 24.3 Å². The lowest BCUT2D eigenvalue weighted by Crippen LogP contribution is -2.53. The number of benzene rings is 3. The first kappa shape index (κ1) is 32.8. The molecule has 0 aliphatic rings. The molecular weight excluding hydrogens is 553 g/mol. The van der Waals surface area contributed by atoms with Gasteiger partial charge in [0.15, 0.2) is 0 Å². The number of anilines is 1. The van der Waals surface area contributed by atoms with Gasteiger partial charge in [0.05, 0.1) is 11.9 Å². The average Bonchev–Trinajstić information content (AvgIpc) is 2.94. The molecule has 0 unspecified atom stereocenters. The molecule has 9 heteroatoms. The molecule has 0 radical (unpaired) electrons. The molecule has 2 amide bonds. The summed E-state index contributed by atoms with van der Waals surface area (Å²) in [6, 6.07) is 21.2. The minimum Gasteiger partial charge on any atom is -0.354 e. The lowest BCUT2D eigenvalue weighted by atomic mass is 9.87. The van der Waals surface area contributed by atoms with Crippen molar-refractivity contribution in [2.24, 2.45) is 0 Å². The number of nitrogens with one attached hydrogen (secondary N) is 1. The van der Waals surface area contributed by atoms with Gasteiger partial charge in [-0.25, -0.2) is 12.8 Å². The van der Waals surface area contributed by atoms with Crippen LogP contribution in [0.5, 0.6) is 0 Å². The predicted molar refractivity (Wildman–Crippen MR) is 166 cm³/mol. The topological polar surface area (TPSA) is 86.8 Å². The van der Waals surface area contributed by atoms with Gasteiger partial charge in [-0.3, -0.25) is 13.9 Å². The second kappa shape index (κ2) is 14.4. The van der Waals surface area contributed by atoms with Crippen LogP contribution in [0.15, 0.2) is 78.9 Å². The van der Waals surface area contributed by atoms with E-state index in [1.807, 2.05) is 49.4 Å². The van der Waals surface area contributed by atoms with Gasteiger partial charge in [-0.15, -0.1) is 0 Å². The van der Waals surface area contributed by atoms with Crippen molar-refractivity contribution < 1.29 is 22.4 Å². The number of carbonyl (C=O) groups is 2. The summed E-state index contributed by atoms with van der Waals surface area (Å²) in [7, 11) is -3.86. The summed E-state index contributed by atoms with van der Waals surface area (Å²) in [5.41, 5.74) is 2.71. The Kier molecular flexibility index (Phi) is 11.3. The average molecular weight is 596 g/mol. The molecule has 0 saturated carbocycles. The van der Waals surface area contributed by atoms with E-state index < -0.39 is 34.3 Å². The fourth-order valence-electron chi connectivity index (χ4n) is 4.59. The molecular formula is C33H42FN3O4S. The molecule has 3 aromatic carbocycles. The molecule has 226 valence electrons. The zero-order valence-electron chi connectivity index (χ0n) is 25.1. The van der Waals surface area contributed by atoms with Crippen molar-refractivity contribution in [2.75, 3.05) is 23.7 Å². The van der Waals surface area contributed by atoms with Gasteiger partial charge in [-0.2, -0.15) is 0 Å². The number of hydrogen-bond donors (Lipinski definition) is 1. The summed E-state index contributed by atoms with van der Waals surface area (Å²) in [4.78, 5) is 29.1. The molecule has 0 bridgehead atoms. The number of halogens is 1. The number of nitrogens with zero attached hydrogens (tertiary/aromatic N) is 2. The van der Waals surface area contributed by atoms with Crippen molar-refractivity contribution in [3.05, 3.63) is 101 Å². The summed E-state index contributed by atoms with van der Waals surface area (Å²) < 4.78 is 40.7. The maximum Gasteiger partial charge on any atom is 0.244 e. The van der Waals surface area contributed by atoms with Crippen molar-refractivity contribution in [3.8, 4) is 0 Å². The molecule has 7 nitrogen and oxygen atoms in total. The Labute approximate surface area is 249 Å². The monoisotopic (exact) mass is 595 g/mol. The van der Waals surface area contributed by atoms with Crippen LogP contribution in [-0.4, -0.2) is 50.5 Å². The quantitative estimate of drug-likeness (QED) is 0.267. The van der Waals surface area contributed by atoms with Crippen molar-refractivity contribution in [3.63, 3.8) is 0 Å². The van der Waals surface area contributed by atoms with Crippen molar-refractivity contribution in [1.82, 2.24) is 10.2 Å². The molecule has 0 saturated heterocycles. The third-order valence-electron chi connectivity index (χ3n) is 7.07. The second-order valence-corrected chi connectivity index (χ2v) is 13.5. The number of rotatable bonds is 13. The lowest BCUT2D eigenvalue weighted by Gasteiger charge is -2.33. The second-order valence-electron chi connectivity index (χ2n) is 11.6. The number of unbranched alkanes of at least 4 members (excludes halogenated alkanes) is 1. The van der Waals surface area contributed by atoms with Crippen LogP contribution >= 0.6 is 0 Å². The molecule has 3 aromatic rings. The van der Waals surface area contributed by atoms with E-state index in [0.717, 1.165) is 34.5 Å². The highest BCUT2D eigenvalue weighted by molar-refractivity contribution is 7.92. The lowest BCUT2D eigenvalue weighted by molar-refractivity contribution is -0.140. The highest BCUT2D eigenvalue weighted by Crippen LogP contribution is 2.26. The minimum atomic E-state index is -3.86. The number of hydrogen-bond acceptors (Lipinski definition) is 4. The number of amides is 2. The van der Waals surface area contributed by atoms with Crippen LogP contribution in [0.4, 0.5) is 10.1 Å². The van der Waals surface area contributed by atoms with Crippen LogP contribution in [0, 0.1) is 5.82 Å². The summed E-state index contributed by atoms with van der Waals surface area (Å²) in [5, 5.41) is 2.95. The Hall–Kier alpha value is -3.72. The van der Waals surface area contributed by atoms with E-state index >= 15 is 0 Å². The predicted octanol–water partition coefficient (Wildman–Crippen LogP) is 5.45. The molecule has 0 aliphatic carbocycles. The van der Waals surface area contributed by atoms with Gasteiger partial charge in [-0.1, -0.05) is 88.7 Å². The van der Waals surface area contributed by atoms with Crippen molar-refractivity contribution >= 4 is 27.5 Å². The van der Waals surface area contributed by atoms with Crippen molar-refractivity contribution in [2.45, 2.75) is 65.0 Å². The van der Waals surface area contributed by atoms with E-state index in [9.17, 15) is 22.4 Å². The molecule has 1 N–H and O–H groups in total. The summed E-state index contributed by atoms with van der Waals surface area (Å²) in [6.07, 6.45) is 2.95. The van der Waals surface area contributed by atoms with Gasteiger partial charge in [-0.05, 0) is 52.8 Å². The Bertz CT molecular complexity index is 1420. The first-order valence-corrected chi connectivity index (χ1v) is 16.1. The van der Waals surface area contributed by atoms with Crippen LogP contribution in [-0.2, 0) is 38.0 Å². The SMILES string of the molecule is CCCCNC(=O)[C@@H](Cc1ccccc1)N(Cc1ccc(F)cc1)C(=O)CN(c1ccc(C(C)(C)C)cc1)S(C)(=O)=O. The van der Waals surface area contributed by atoms with E-state index in [2.05, 4.69) is 26.1 Å². The fraction of sp³-hybridized carbons (Fsp3) is 0.394. The van der Waals surface area contributed by atoms with Crippen LogP contribution < -0.4 is 9.62 Å². The molecule has 0 aromatic heterocycles. The Morgan fingerprint density at radius 1 is 0.905 bits per heavy atom. The van der Waals surface area contributed by atoms with Crippen LogP contribution in [0.2, 0.25) is 0 Å². The summed E-state index contributed by atoms with van der Waals surface area (Å²) >= 11 is 0. The Balaban J connectivity index is 2.02. The smallest absolute Gasteiger partial charge is 0.244 e. The van der Waals surface area contributed by atoms with E-state index in [4.69, 9.17) is 0 Å². The molecule has 1 atom stereocenters. The number of carbonyl (C=O) groups excluding carboxylic acids is 2. The third-order valence-corrected chi connectivity index (χ3v) is 8.21. The van der Waals surface area contributed by atoms with Gasteiger partial charge in [0, 0.05) is 19.5 Å². The molecule has 0 fully saturated rings. The van der Waals surface area contributed by atoms with Crippen LogP contribution in [0.3, 0.4) is 0 Å². The van der Waals surface area contributed by atoms with Gasteiger partial charge in [0.25, 0.3) is 0 Å². The van der Waals surface area contributed by atoms with E-state index in [-0.39, 0.29) is 24.3 Å². The first-order chi connectivity index (χ1) is 19.8. The molecule has 3 rings (SSSR count). The Morgan fingerprint density at radius 2 is 1.52 bits per heavy atom. The van der Waals surface area contributed by atoms with Gasteiger partial charge in [0.1, 0.15) is 18.4 Å². The fourth-order valence-corrected chi connectivity index (χ4v) is 5.44. The Morgan fingerprint density at radius 3 is 2.07 bits per heavy atom. The maximum absolute atomic E-state index is 14.1. The normalized spacial score (nSPS) is 12.4. The maximum atomic E-state index is 14.1. The van der Waals surface area contributed by atoms with E-state index in [1.165, 1.54) is 17.0 Å². The van der Waals surface area contributed by atoms with Crippen LogP contribution in [0.25, 0.3) is 0 Å². The number of sulfonamides is 1. The summed E-state index contributed by atoms with van der Waals surface area (Å²) in [6.45, 7) is 8.16. The molecule has 0 spiro atoms. The van der Waals surface area contributed by atoms with Crippen molar-refractivity contribution in [1.29, 1.82) is 0 Å². The van der Waals surface area contributed by atoms with Gasteiger partial charge in [0.2, 0.25) is 21.8 Å². The zero-order chi connectivity index (χ0) is 30.9. The molecule has 42 heavy (non-hydrogen) atoms. The highest BCUT2D eigenvalue weighted by atomic mass is 32.2. The standard InChI is InChI=1S/C33H42FN3O4S/c1-6-7-21-35-32(39)30(22-25-11-9-8-10-12-25)36(23-26-13-17-28(34)18-14-26)31(38)24-37(42(5,40)41)29-19-15-27(16-20-29)33(2,3)4/h8-20,30H,6-7,21-24H2,1-5H3,(H,35,39)/t30-/m1/s1. The van der Waals surface area contributed by atoms with Gasteiger partial charge >= 0.3 is 0 Å². The van der Waals surface area contributed by atoms with Gasteiger partial charge < -0.3 is 10.2 Å². The molecule has 0 heterocycles. The first-order valence-electron chi connectivity index (χ1n) is 14.2. The zero-order valence-corrected chi connectivity index (χ0v) is 26.0. The largest absolute Gasteiger partial charge is 0.354 e. The molecule has 0 aliphatic heterocycles. The van der Waals surface area contributed by atoms with E-state index in [0.29, 0.717) is 17.8 Å². The highest BCUT2D eigenvalue weighted by Gasteiger charge is 2.33. The minimum absolute atomic E-state index is 0.00161. The van der Waals surface area contributed by atoms with Crippen LogP contribution in [0.1, 0.15) is 57.2 Å².